The summed E-state index contributed by atoms with van der Waals surface area (Å²) in [5.74, 6) is -4.42. The Balaban J connectivity index is 1.49. The maximum absolute atomic E-state index is 14.3. The van der Waals surface area contributed by atoms with Crippen molar-refractivity contribution in [2.24, 2.45) is 0 Å². The summed E-state index contributed by atoms with van der Waals surface area (Å²) in [6, 6.07) is 3.95. The predicted octanol–water partition coefficient (Wildman–Crippen LogP) is -5.58. The van der Waals surface area contributed by atoms with E-state index in [1.54, 1.807) is 0 Å². The van der Waals surface area contributed by atoms with Crippen molar-refractivity contribution in [1.82, 2.24) is 0 Å². The molecule has 1 aromatic heterocycles. The highest BCUT2D eigenvalue weighted by molar-refractivity contribution is 5.88. The van der Waals surface area contributed by atoms with Crippen molar-refractivity contribution in [3.63, 3.8) is 0 Å². The number of ether oxygens (including phenoxy) is 7. The third kappa shape index (κ3) is 7.88. The van der Waals surface area contributed by atoms with Crippen LogP contribution in [0.4, 0.5) is 0 Å². The van der Waals surface area contributed by atoms with Gasteiger partial charge in [-0.3, -0.25) is 4.79 Å². The monoisotopic (exact) mass is 818 g/mol. The van der Waals surface area contributed by atoms with Crippen LogP contribution in [0.15, 0.2) is 33.5 Å². The SMILES string of the molecule is COc1cc(-c2oc3cc(O[C@@H]4O[C@@H](CO)[C@@H](O)C(O)C4O)cc(O)c3c(=O)c2O[C@@H]2OC(CO)[C@@H](O)C(O)C2O)cc(O[C@@H]2OC(CO)[C@@H](O)C(O)C2O)c1O. The van der Waals surface area contributed by atoms with Crippen LogP contribution in [0.5, 0.6) is 34.5 Å². The number of hydrogen-bond acceptors (Lipinski definition) is 23. The number of fused-ring (bicyclic) bond motifs is 1. The van der Waals surface area contributed by atoms with E-state index in [0.29, 0.717) is 0 Å². The van der Waals surface area contributed by atoms with E-state index in [-0.39, 0.29) is 11.3 Å². The van der Waals surface area contributed by atoms with E-state index in [9.17, 15) is 76.3 Å². The lowest BCUT2D eigenvalue weighted by atomic mass is 9.99. The number of benzene rings is 2. The van der Waals surface area contributed by atoms with E-state index in [2.05, 4.69) is 0 Å². The molecule has 0 saturated carbocycles. The fraction of sp³-hybridized carbons (Fsp3) is 0.559. The van der Waals surface area contributed by atoms with Crippen molar-refractivity contribution in [2.75, 3.05) is 26.9 Å². The highest BCUT2D eigenvalue weighted by Gasteiger charge is 2.48. The van der Waals surface area contributed by atoms with Crippen molar-refractivity contribution < 1.29 is 109 Å². The van der Waals surface area contributed by atoms with Crippen molar-refractivity contribution in [1.29, 1.82) is 0 Å². The van der Waals surface area contributed by atoms with Crippen molar-refractivity contribution >= 4 is 11.0 Å². The van der Waals surface area contributed by atoms with Crippen LogP contribution >= 0.6 is 0 Å². The molecule has 0 bridgehead atoms. The third-order valence-corrected chi connectivity index (χ3v) is 9.70. The normalized spacial score (nSPS) is 35.8. The zero-order chi connectivity index (χ0) is 41.6. The van der Waals surface area contributed by atoms with E-state index >= 15 is 0 Å². The first-order chi connectivity index (χ1) is 27.0. The Labute approximate surface area is 319 Å². The van der Waals surface area contributed by atoms with E-state index in [0.717, 1.165) is 31.4 Å². The second kappa shape index (κ2) is 17.0. The Kier molecular flexibility index (Phi) is 12.6. The van der Waals surface area contributed by atoms with Crippen molar-refractivity contribution in [3.8, 4) is 45.8 Å². The quantitative estimate of drug-likeness (QED) is 0.0857. The molecule has 14 N–H and O–H groups in total. The van der Waals surface area contributed by atoms with Crippen LogP contribution in [-0.2, 0) is 14.2 Å². The summed E-state index contributed by atoms with van der Waals surface area (Å²) >= 11 is 0. The number of aliphatic hydroxyl groups is 12. The maximum Gasteiger partial charge on any atom is 0.239 e. The number of phenolic OH excluding ortho intramolecular Hbond substituents is 2. The molecule has 3 saturated heterocycles. The van der Waals surface area contributed by atoms with Gasteiger partial charge in [-0.05, 0) is 12.1 Å². The van der Waals surface area contributed by atoms with Gasteiger partial charge in [-0.1, -0.05) is 0 Å². The first-order valence-electron chi connectivity index (χ1n) is 17.2. The molecular formula is C34H42O23. The minimum atomic E-state index is -2.06. The van der Waals surface area contributed by atoms with Gasteiger partial charge in [0, 0.05) is 17.7 Å². The predicted molar refractivity (Wildman–Crippen MR) is 181 cm³/mol. The summed E-state index contributed by atoms with van der Waals surface area (Å²) in [6.45, 7) is -2.49. The topological polar surface area (TPSA) is 378 Å². The first-order valence-corrected chi connectivity index (χ1v) is 17.2. The van der Waals surface area contributed by atoms with Gasteiger partial charge in [0.25, 0.3) is 0 Å². The second-order valence-corrected chi connectivity index (χ2v) is 13.4. The van der Waals surface area contributed by atoms with Gasteiger partial charge in [-0.25, -0.2) is 0 Å². The molecule has 23 nitrogen and oxygen atoms in total. The molecule has 15 atom stereocenters. The minimum absolute atomic E-state index is 0.275. The van der Waals surface area contributed by atoms with Crippen LogP contribution in [0.2, 0.25) is 0 Å². The smallest absolute Gasteiger partial charge is 0.239 e. The first kappa shape index (κ1) is 42.5. The molecule has 3 aromatic rings. The summed E-state index contributed by atoms with van der Waals surface area (Å²) < 4.78 is 44.5. The number of methoxy groups -OCH3 is 1. The molecule has 0 spiro atoms. The van der Waals surface area contributed by atoms with Gasteiger partial charge in [0.05, 0.1) is 26.9 Å². The van der Waals surface area contributed by atoms with Crippen LogP contribution in [-0.4, -0.2) is 191 Å². The molecule has 3 aliphatic rings. The molecule has 8 unspecified atom stereocenters. The Morgan fingerprint density at radius 3 is 1.51 bits per heavy atom. The largest absolute Gasteiger partial charge is 0.507 e. The van der Waals surface area contributed by atoms with Gasteiger partial charge in [-0.15, -0.1) is 0 Å². The molecule has 3 aliphatic heterocycles. The van der Waals surface area contributed by atoms with E-state index in [1.165, 1.54) is 0 Å². The highest BCUT2D eigenvalue weighted by atomic mass is 16.7. The number of phenols is 2. The summed E-state index contributed by atoms with van der Waals surface area (Å²) in [5, 5.41) is 144. The van der Waals surface area contributed by atoms with Gasteiger partial charge >= 0.3 is 0 Å². The third-order valence-electron chi connectivity index (χ3n) is 9.70. The molecule has 23 heteroatoms. The lowest BCUT2D eigenvalue weighted by molar-refractivity contribution is -0.277. The molecule has 0 amide bonds. The average molecular weight is 819 g/mol. The van der Waals surface area contributed by atoms with Crippen LogP contribution in [0, 0.1) is 0 Å². The van der Waals surface area contributed by atoms with Crippen LogP contribution in [0.3, 0.4) is 0 Å². The zero-order valence-corrected chi connectivity index (χ0v) is 29.5. The van der Waals surface area contributed by atoms with E-state index < -0.39 is 163 Å². The number of hydrogen-bond donors (Lipinski definition) is 14. The zero-order valence-electron chi connectivity index (χ0n) is 29.5. The fourth-order valence-electron chi connectivity index (χ4n) is 6.45. The van der Waals surface area contributed by atoms with Gasteiger partial charge < -0.3 is 109 Å². The van der Waals surface area contributed by atoms with Gasteiger partial charge in [0.15, 0.2) is 17.3 Å². The van der Waals surface area contributed by atoms with Crippen molar-refractivity contribution in [3.05, 3.63) is 34.5 Å². The molecule has 3 fully saturated rings. The highest BCUT2D eigenvalue weighted by Crippen LogP contribution is 2.45. The lowest BCUT2D eigenvalue weighted by Crippen LogP contribution is -2.60. The Morgan fingerprint density at radius 1 is 0.579 bits per heavy atom. The molecular weight excluding hydrogens is 776 g/mol. The fourth-order valence-corrected chi connectivity index (χ4v) is 6.45. The number of rotatable bonds is 11. The summed E-state index contributed by atoms with van der Waals surface area (Å²) in [4.78, 5) is 14.3. The Bertz CT molecular complexity index is 1930. The minimum Gasteiger partial charge on any atom is -0.507 e. The van der Waals surface area contributed by atoms with Crippen LogP contribution in [0.25, 0.3) is 22.3 Å². The number of aliphatic hydroxyl groups excluding tert-OH is 12. The molecule has 4 heterocycles. The standard InChI is InChI=1S/C34H42O23/c1-50-13-2-9(3-14(19(13)39)53-33-28(48)25(45)21(41)16(7-36)55-33)30-31(57-34-29(49)26(46)22(42)17(8-37)56-34)23(43)18-11(38)4-10(5-12(18)52-30)51-32-27(47)24(44)20(40)15(6-35)54-32/h2-5,15-17,20-22,24-29,32-42,44-49H,6-8H2,1H3/t15-,16?,17?,20+,21+,22+,24?,25?,26?,27?,28?,29?,32+,33+,34-/m0/s1. The van der Waals surface area contributed by atoms with Gasteiger partial charge in [0.1, 0.15) is 95.7 Å². The summed E-state index contributed by atoms with van der Waals surface area (Å²) in [6.07, 6.45) is -26.8. The molecule has 6 rings (SSSR count). The molecule has 0 radical (unpaired) electrons. The lowest BCUT2D eigenvalue weighted by Gasteiger charge is -2.39. The second-order valence-electron chi connectivity index (χ2n) is 13.4. The molecule has 0 aliphatic carbocycles. The molecule has 2 aromatic carbocycles. The van der Waals surface area contributed by atoms with Crippen LogP contribution < -0.4 is 24.4 Å². The van der Waals surface area contributed by atoms with Gasteiger partial charge in [-0.2, -0.15) is 0 Å². The van der Waals surface area contributed by atoms with E-state index in [4.69, 9.17) is 37.6 Å². The van der Waals surface area contributed by atoms with Gasteiger partial charge in [0.2, 0.25) is 35.8 Å². The maximum atomic E-state index is 14.3. The summed E-state index contributed by atoms with van der Waals surface area (Å²) in [5.41, 5.74) is -1.95. The van der Waals surface area contributed by atoms with Crippen LogP contribution in [0.1, 0.15) is 0 Å². The average Bonchev–Trinajstić information content (AvgIpc) is 3.19. The summed E-state index contributed by atoms with van der Waals surface area (Å²) in [7, 11) is 1.11. The van der Waals surface area contributed by atoms with Crippen molar-refractivity contribution in [2.45, 2.75) is 92.1 Å². The molecule has 57 heavy (non-hydrogen) atoms. The Morgan fingerprint density at radius 2 is 1.04 bits per heavy atom. The molecule has 316 valence electrons. The Hall–Kier alpha value is -4.15. The van der Waals surface area contributed by atoms with E-state index in [1.807, 2.05) is 0 Å². The number of aromatic hydroxyl groups is 2.